The van der Waals surface area contributed by atoms with Crippen molar-refractivity contribution in [3.8, 4) is 0 Å². The average Bonchev–Trinajstić information content (AvgIpc) is 2.97. The molecule has 7 heteroatoms. The van der Waals surface area contributed by atoms with Gasteiger partial charge in [0.15, 0.2) is 0 Å². The number of rotatable bonds is 6. The van der Waals surface area contributed by atoms with Crippen LogP contribution in [0, 0.1) is 0 Å². The van der Waals surface area contributed by atoms with Crippen molar-refractivity contribution >= 4 is 12.3 Å². The van der Waals surface area contributed by atoms with Gasteiger partial charge in [-0.05, 0) is 12.2 Å². The third-order valence-electron chi connectivity index (χ3n) is 2.45. The molecule has 0 aromatic rings. The van der Waals surface area contributed by atoms with Gasteiger partial charge in [-0.2, -0.15) is 0 Å². The zero-order chi connectivity index (χ0) is 13.5. The van der Waals surface area contributed by atoms with Crippen LogP contribution in [0.25, 0.3) is 0 Å². The Morgan fingerprint density at radius 2 is 1.42 bits per heavy atom. The normalized spacial score (nSPS) is 26.3. The maximum absolute atomic E-state index is 10.6. The number of ether oxygens (including phenoxy) is 5. The summed E-state index contributed by atoms with van der Waals surface area (Å²) in [4.78, 5) is 21.2. The van der Waals surface area contributed by atoms with E-state index in [-0.39, 0.29) is 25.4 Å². The zero-order valence-corrected chi connectivity index (χ0v) is 10.2. The summed E-state index contributed by atoms with van der Waals surface area (Å²) in [7, 11) is 0. The molecule has 19 heavy (non-hydrogen) atoms. The van der Waals surface area contributed by atoms with Crippen LogP contribution in [0.3, 0.4) is 0 Å². The lowest BCUT2D eigenvalue weighted by molar-refractivity contribution is 0.117. The van der Waals surface area contributed by atoms with Crippen LogP contribution < -0.4 is 0 Å². The highest BCUT2D eigenvalue weighted by Crippen LogP contribution is 2.11. The zero-order valence-electron chi connectivity index (χ0n) is 10.2. The largest absolute Gasteiger partial charge is 0.508 e. The molecule has 7 nitrogen and oxygen atoms in total. The molecule has 2 aliphatic rings. The minimum atomic E-state index is -0.632. The van der Waals surface area contributed by atoms with Crippen molar-refractivity contribution < 1.29 is 33.3 Å². The molecule has 104 valence electrons. The second-order valence-corrected chi connectivity index (χ2v) is 3.95. The van der Waals surface area contributed by atoms with Gasteiger partial charge in [0.2, 0.25) is 0 Å². The van der Waals surface area contributed by atoms with Gasteiger partial charge in [0.25, 0.3) is 0 Å². The van der Waals surface area contributed by atoms with Crippen LogP contribution in [-0.2, 0) is 23.7 Å². The van der Waals surface area contributed by atoms with E-state index in [1.807, 2.05) is 0 Å². The van der Waals surface area contributed by atoms with Crippen LogP contribution in [-0.4, -0.2) is 37.7 Å². The fourth-order valence-electron chi connectivity index (χ4n) is 1.53. The summed E-state index contributed by atoms with van der Waals surface area (Å²) in [5, 5.41) is 0. The molecule has 2 atom stereocenters. The van der Waals surface area contributed by atoms with Gasteiger partial charge in [-0.1, -0.05) is 0 Å². The Kier molecular flexibility index (Phi) is 4.66. The molecule has 2 fully saturated rings. The van der Waals surface area contributed by atoms with Crippen LogP contribution in [0.2, 0.25) is 0 Å². The fourth-order valence-corrected chi connectivity index (χ4v) is 1.53. The molecule has 2 rings (SSSR count). The first kappa shape index (κ1) is 13.3. The maximum atomic E-state index is 10.6. The highest BCUT2D eigenvalue weighted by Gasteiger charge is 2.24. The SMILES string of the molecule is O=C1OCC(CC=COC=CCC2COC(=O)O2)O1. The second-order valence-electron chi connectivity index (χ2n) is 3.95. The summed E-state index contributed by atoms with van der Waals surface area (Å²) in [5.74, 6) is 0. The smallest absolute Gasteiger partial charge is 0.473 e. The topological polar surface area (TPSA) is 80.3 Å². The van der Waals surface area contributed by atoms with Crippen LogP contribution >= 0.6 is 0 Å². The molecule has 0 aliphatic carbocycles. The van der Waals surface area contributed by atoms with E-state index < -0.39 is 12.3 Å². The Balaban J connectivity index is 1.53. The predicted octanol–water partition coefficient (Wildman–Crippen LogP) is 1.88. The molecule has 0 bridgehead atoms. The lowest BCUT2D eigenvalue weighted by atomic mass is 10.3. The molecule has 0 N–H and O–H groups in total. The second kappa shape index (κ2) is 6.67. The first-order valence-corrected chi connectivity index (χ1v) is 5.86. The molecular weight excluding hydrogens is 256 g/mol. The molecule has 0 aromatic carbocycles. The number of carbonyl (C=O) groups is 2. The van der Waals surface area contributed by atoms with Gasteiger partial charge >= 0.3 is 12.3 Å². The summed E-state index contributed by atoms with van der Waals surface area (Å²) >= 11 is 0. The van der Waals surface area contributed by atoms with Crippen LogP contribution in [0.15, 0.2) is 24.7 Å². The van der Waals surface area contributed by atoms with E-state index in [0.29, 0.717) is 12.8 Å². The van der Waals surface area contributed by atoms with Gasteiger partial charge in [-0.25, -0.2) is 9.59 Å². The fraction of sp³-hybridized carbons (Fsp3) is 0.500. The monoisotopic (exact) mass is 270 g/mol. The van der Waals surface area contributed by atoms with Gasteiger partial charge in [-0.3, -0.25) is 0 Å². The van der Waals surface area contributed by atoms with Gasteiger partial charge in [0, 0.05) is 12.8 Å². The Morgan fingerprint density at radius 1 is 0.947 bits per heavy atom. The summed E-state index contributed by atoms with van der Waals surface area (Å²) in [6, 6.07) is 0. The average molecular weight is 270 g/mol. The van der Waals surface area contributed by atoms with E-state index in [2.05, 4.69) is 9.47 Å². The van der Waals surface area contributed by atoms with Crippen LogP contribution in [0.4, 0.5) is 9.59 Å². The van der Waals surface area contributed by atoms with Crippen LogP contribution in [0.1, 0.15) is 12.8 Å². The molecule has 0 aromatic heterocycles. The highest BCUT2D eigenvalue weighted by atomic mass is 16.8. The predicted molar refractivity (Wildman–Crippen MR) is 61.0 cm³/mol. The molecular formula is C12H14O7. The number of cyclic esters (lactones) is 4. The van der Waals surface area contributed by atoms with Gasteiger partial charge in [-0.15, -0.1) is 0 Å². The standard InChI is InChI=1S/C12H14O7/c13-11-16-7-9(18-11)3-1-5-15-6-2-4-10-8-17-12(14)19-10/h1-2,5-6,9-10H,3-4,7-8H2. The Bertz CT molecular complexity index is 352. The summed E-state index contributed by atoms with van der Waals surface area (Å²) < 4.78 is 24.0. The third-order valence-corrected chi connectivity index (χ3v) is 2.45. The third kappa shape index (κ3) is 4.53. The van der Waals surface area contributed by atoms with Crippen molar-refractivity contribution in [1.82, 2.24) is 0 Å². The van der Waals surface area contributed by atoms with Crippen molar-refractivity contribution in [3.05, 3.63) is 24.7 Å². The molecule has 0 amide bonds. The molecule has 2 unspecified atom stereocenters. The van der Waals surface area contributed by atoms with Gasteiger partial charge < -0.3 is 23.7 Å². The van der Waals surface area contributed by atoms with Gasteiger partial charge in [0.1, 0.15) is 25.4 Å². The van der Waals surface area contributed by atoms with Crippen molar-refractivity contribution in [2.24, 2.45) is 0 Å². The van der Waals surface area contributed by atoms with E-state index in [1.54, 1.807) is 12.2 Å². The molecule has 0 saturated carbocycles. The van der Waals surface area contributed by atoms with E-state index in [1.165, 1.54) is 12.5 Å². The molecule has 2 saturated heterocycles. The molecule has 2 aliphatic heterocycles. The summed E-state index contributed by atoms with van der Waals surface area (Å²) in [6.07, 6.45) is 5.75. The lowest BCUT2D eigenvalue weighted by Gasteiger charge is -2.01. The quantitative estimate of drug-likeness (QED) is 0.538. The number of hydrogen-bond donors (Lipinski definition) is 0. The Hall–Kier alpha value is -2.18. The summed E-state index contributed by atoms with van der Waals surface area (Å²) in [5.41, 5.74) is 0. The minimum Gasteiger partial charge on any atom is -0.473 e. The van der Waals surface area contributed by atoms with E-state index in [0.717, 1.165) is 0 Å². The van der Waals surface area contributed by atoms with Crippen molar-refractivity contribution in [2.45, 2.75) is 25.0 Å². The summed E-state index contributed by atoms with van der Waals surface area (Å²) in [6.45, 7) is 0.540. The van der Waals surface area contributed by atoms with Crippen molar-refractivity contribution in [2.75, 3.05) is 13.2 Å². The van der Waals surface area contributed by atoms with Crippen LogP contribution in [0.5, 0.6) is 0 Å². The molecule has 0 spiro atoms. The first-order valence-electron chi connectivity index (χ1n) is 5.86. The molecule has 2 heterocycles. The number of carbonyl (C=O) groups excluding carboxylic acids is 2. The van der Waals surface area contributed by atoms with E-state index in [4.69, 9.17) is 14.2 Å². The maximum Gasteiger partial charge on any atom is 0.508 e. The number of hydrogen-bond acceptors (Lipinski definition) is 7. The van der Waals surface area contributed by atoms with E-state index >= 15 is 0 Å². The van der Waals surface area contributed by atoms with Gasteiger partial charge in [0.05, 0.1) is 12.5 Å². The minimum absolute atomic E-state index is 0.244. The Labute approximate surface area is 109 Å². The molecule has 0 radical (unpaired) electrons. The lowest BCUT2D eigenvalue weighted by Crippen LogP contribution is -2.07. The highest BCUT2D eigenvalue weighted by molar-refractivity contribution is 5.62. The first-order chi connectivity index (χ1) is 9.24. The van der Waals surface area contributed by atoms with Crippen molar-refractivity contribution in [1.29, 1.82) is 0 Å². The van der Waals surface area contributed by atoms with E-state index in [9.17, 15) is 9.59 Å². The Morgan fingerprint density at radius 3 is 1.79 bits per heavy atom. The van der Waals surface area contributed by atoms with Crippen molar-refractivity contribution in [3.63, 3.8) is 0 Å².